The Morgan fingerprint density at radius 3 is 2.65 bits per heavy atom. The molecule has 1 aromatic carbocycles. The van der Waals surface area contributed by atoms with Crippen molar-refractivity contribution in [3.05, 3.63) is 60.1 Å². The molecule has 17 heavy (non-hydrogen) atoms. The Morgan fingerprint density at radius 1 is 1.12 bits per heavy atom. The highest BCUT2D eigenvalue weighted by Crippen LogP contribution is 2.12. The van der Waals surface area contributed by atoms with Gasteiger partial charge in [0.25, 0.3) is 0 Å². The fraction of sp³-hybridized carbons (Fsp3) is 0.143. The minimum Gasteiger partial charge on any atom is -0.479 e. The molecule has 1 aromatic heterocycles. The average Bonchev–Trinajstić information content (AvgIpc) is 2.40. The number of benzene rings is 1. The van der Waals surface area contributed by atoms with Gasteiger partial charge in [0.15, 0.2) is 0 Å². The number of hydrogen-bond acceptors (Lipinski definition) is 3. The van der Waals surface area contributed by atoms with Crippen LogP contribution in [0.4, 0.5) is 0 Å². The molecule has 0 saturated carbocycles. The molecule has 0 aliphatic heterocycles. The Labute approximate surface area is 101 Å². The second-order valence-corrected chi connectivity index (χ2v) is 3.54. The van der Waals surface area contributed by atoms with Crippen LogP contribution in [0.5, 0.6) is 5.88 Å². The second kappa shape index (κ2) is 5.80. The van der Waals surface area contributed by atoms with Gasteiger partial charge in [0.05, 0.1) is 7.11 Å². The maximum Gasteiger partial charge on any atom is 0.239 e. The topological polar surface area (TPSA) is 35.0 Å². The fourth-order valence-electron chi connectivity index (χ4n) is 1.53. The summed E-state index contributed by atoms with van der Waals surface area (Å²) < 4.78 is 5.12. The van der Waals surface area contributed by atoms with Gasteiger partial charge in [-0.05, 0) is 18.1 Å². The molecule has 0 N–H and O–H groups in total. The molecule has 2 aromatic rings. The third kappa shape index (κ3) is 3.14. The van der Waals surface area contributed by atoms with Crippen molar-refractivity contribution in [3.8, 4) is 5.88 Å². The van der Waals surface area contributed by atoms with Gasteiger partial charge in [0.1, 0.15) is 5.69 Å². The molecule has 86 valence electrons. The number of rotatable bonds is 4. The Morgan fingerprint density at radius 2 is 1.88 bits per heavy atom. The first-order chi connectivity index (χ1) is 8.40. The van der Waals surface area contributed by atoms with E-state index in [-0.39, 0.29) is 0 Å². The molecule has 0 aliphatic carbocycles. The maximum absolute atomic E-state index is 5.12. The molecule has 0 saturated heterocycles. The third-order valence-corrected chi connectivity index (χ3v) is 2.36. The normalized spacial score (nSPS) is 10.6. The lowest BCUT2D eigenvalue weighted by Gasteiger charge is -2.00. The van der Waals surface area contributed by atoms with Crippen molar-refractivity contribution in [3.63, 3.8) is 0 Å². The lowest BCUT2D eigenvalue weighted by atomic mass is 10.1. The first kappa shape index (κ1) is 11.3. The van der Waals surface area contributed by atoms with Crippen molar-refractivity contribution in [1.82, 2.24) is 9.97 Å². The van der Waals surface area contributed by atoms with E-state index in [0.717, 1.165) is 12.1 Å². The highest BCUT2D eigenvalue weighted by molar-refractivity contribution is 5.50. The van der Waals surface area contributed by atoms with Crippen molar-refractivity contribution in [2.24, 2.45) is 0 Å². The van der Waals surface area contributed by atoms with E-state index >= 15 is 0 Å². The van der Waals surface area contributed by atoms with Crippen LogP contribution in [-0.4, -0.2) is 17.1 Å². The van der Waals surface area contributed by atoms with Crippen molar-refractivity contribution in [2.75, 3.05) is 7.11 Å². The number of allylic oxidation sites excluding steroid dienone is 1. The summed E-state index contributed by atoms with van der Waals surface area (Å²) in [5, 5.41) is 0. The molecule has 0 atom stereocenters. The molecule has 2 rings (SSSR count). The quantitative estimate of drug-likeness (QED) is 0.804. The van der Waals surface area contributed by atoms with E-state index in [2.05, 4.69) is 28.2 Å². The summed E-state index contributed by atoms with van der Waals surface area (Å²) in [5.74, 6) is 0.553. The van der Waals surface area contributed by atoms with E-state index in [0.29, 0.717) is 5.88 Å². The van der Waals surface area contributed by atoms with Crippen LogP contribution in [0.25, 0.3) is 6.08 Å². The second-order valence-electron chi connectivity index (χ2n) is 3.54. The van der Waals surface area contributed by atoms with Gasteiger partial charge in [-0.3, -0.25) is 0 Å². The molecule has 3 heteroatoms. The highest BCUT2D eigenvalue weighted by Gasteiger charge is 1.99. The number of nitrogens with zero attached hydrogens (tertiary/aromatic N) is 2. The first-order valence-electron chi connectivity index (χ1n) is 5.45. The number of hydrogen-bond donors (Lipinski definition) is 0. The molecule has 1 heterocycles. The van der Waals surface area contributed by atoms with Gasteiger partial charge in [-0.15, -0.1) is 0 Å². The molecule has 0 bridgehead atoms. The molecular formula is C14H14N2O. The first-order valence-corrected chi connectivity index (χ1v) is 5.45. The van der Waals surface area contributed by atoms with Crippen LogP contribution in [0.1, 0.15) is 11.3 Å². The standard InChI is InChI=1S/C14H14N2O/c1-17-14-13(15-10-11-16-14)9-5-8-12-6-3-2-4-7-12/h2-7,9-11H,8H2,1H3/b9-5+. The Bertz CT molecular complexity index is 495. The predicted molar refractivity (Wildman–Crippen MR) is 67.8 cm³/mol. The monoisotopic (exact) mass is 226 g/mol. The maximum atomic E-state index is 5.12. The molecular weight excluding hydrogens is 212 g/mol. The van der Waals surface area contributed by atoms with Crippen molar-refractivity contribution in [2.45, 2.75) is 6.42 Å². The van der Waals surface area contributed by atoms with Crippen molar-refractivity contribution >= 4 is 6.08 Å². The van der Waals surface area contributed by atoms with Crippen LogP contribution in [0.2, 0.25) is 0 Å². The van der Waals surface area contributed by atoms with Crippen LogP contribution in [0, 0.1) is 0 Å². The molecule has 0 unspecified atom stereocenters. The van der Waals surface area contributed by atoms with Crippen LogP contribution >= 0.6 is 0 Å². The van der Waals surface area contributed by atoms with E-state index in [1.165, 1.54) is 5.56 Å². The Hall–Kier alpha value is -2.16. The smallest absolute Gasteiger partial charge is 0.239 e. The van der Waals surface area contributed by atoms with Gasteiger partial charge < -0.3 is 4.74 Å². The molecule has 0 fully saturated rings. The molecule has 0 radical (unpaired) electrons. The Kier molecular flexibility index (Phi) is 3.86. The minimum atomic E-state index is 0.553. The van der Waals surface area contributed by atoms with Crippen LogP contribution < -0.4 is 4.74 Å². The number of aromatic nitrogens is 2. The Balaban J connectivity index is 2.06. The lowest BCUT2D eigenvalue weighted by molar-refractivity contribution is 0.394. The summed E-state index contributed by atoms with van der Waals surface area (Å²) in [4.78, 5) is 8.29. The summed E-state index contributed by atoms with van der Waals surface area (Å²) in [7, 11) is 1.60. The van der Waals surface area contributed by atoms with E-state index < -0.39 is 0 Å². The van der Waals surface area contributed by atoms with Gasteiger partial charge in [-0.2, -0.15) is 0 Å². The van der Waals surface area contributed by atoms with Crippen molar-refractivity contribution in [1.29, 1.82) is 0 Å². The number of methoxy groups -OCH3 is 1. The van der Waals surface area contributed by atoms with Gasteiger partial charge >= 0.3 is 0 Å². The summed E-state index contributed by atoms with van der Waals surface area (Å²) >= 11 is 0. The summed E-state index contributed by atoms with van der Waals surface area (Å²) in [5.41, 5.74) is 2.03. The van der Waals surface area contributed by atoms with E-state index in [4.69, 9.17) is 4.74 Å². The largest absolute Gasteiger partial charge is 0.479 e. The van der Waals surface area contributed by atoms with Gasteiger partial charge in [-0.1, -0.05) is 36.4 Å². The number of ether oxygens (including phenoxy) is 1. The molecule has 0 amide bonds. The molecule has 0 aliphatic rings. The summed E-state index contributed by atoms with van der Waals surface area (Å²) in [6, 6.07) is 10.3. The van der Waals surface area contributed by atoms with Crippen LogP contribution in [-0.2, 0) is 6.42 Å². The summed E-state index contributed by atoms with van der Waals surface area (Å²) in [6.07, 6.45) is 8.14. The fourth-order valence-corrected chi connectivity index (χ4v) is 1.53. The van der Waals surface area contributed by atoms with E-state index in [1.54, 1.807) is 19.5 Å². The predicted octanol–water partition coefficient (Wildman–Crippen LogP) is 2.74. The van der Waals surface area contributed by atoms with Crippen molar-refractivity contribution < 1.29 is 4.74 Å². The average molecular weight is 226 g/mol. The zero-order valence-corrected chi connectivity index (χ0v) is 9.71. The lowest BCUT2D eigenvalue weighted by Crippen LogP contribution is -1.92. The van der Waals surface area contributed by atoms with Gasteiger partial charge in [0.2, 0.25) is 5.88 Å². The third-order valence-electron chi connectivity index (χ3n) is 2.36. The molecule has 3 nitrogen and oxygen atoms in total. The van der Waals surface area contributed by atoms with E-state index in [1.807, 2.05) is 24.3 Å². The SMILES string of the molecule is COc1nccnc1/C=C/Cc1ccccc1. The van der Waals surface area contributed by atoms with Gasteiger partial charge in [-0.25, -0.2) is 9.97 Å². The van der Waals surface area contributed by atoms with Crippen LogP contribution in [0.3, 0.4) is 0 Å². The zero-order valence-electron chi connectivity index (χ0n) is 9.71. The zero-order chi connectivity index (χ0) is 11.9. The molecule has 0 spiro atoms. The highest BCUT2D eigenvalue weighted by atomic mass is 16.5. The van der Waals surface area contributed by atoms with Crippen LogP contribution in [0.15, 0.2) is 48.8 Å². The summed E-state index contributed by atoms with van der Waals surface area (Å²) in [6.45, 7) is 0. The van der Waals surface area contributed by atoms with Gasteiger partial charge in [0, 0.05) is 12.4 Å². The van der Waals surface area contributed by atoms with E-state index in [9.17, 15) is 0 Å². The minimum absolute atomic E-state index is 0.553.